The minimum atomic E-state index is -0.255. The van der Waals surface area contributed by atoms with Gasteiger partial charge in [-0.15, -0.1) is 0 Å². The molecule has 33 heavy (non-hydrogen) atoms. The maximum absolute atomic E-state index is 11.3. The molecular formula is C31H54O2. The van der Waals surface area contributed by atoms with E-state index in [9.17, 15) is 4.79 Å². The summed E-state index contributed by atoms with van der Waals surface area (Å²) in [5.74, 6) is 1.62. The Kier molecular flexibility index (Phi) is 20.5. The Balaban J connectivity index is 2.08. The molecule has 0 aromatic rings. The summed E-state index contributed by atoms with van der Waals surface area (Å²) < 4.78 is 5.72. The van der Waals surface area contributed by atoms with Crippen molar-refractivity contribution in [1.29, 1.82) is 0 Å². The summed E-state index contributed by atoms with van der Waals surface area (Å²) in [6.45, 7) is 5.08. The van der Waals surface area contributed by atoms with E-state index in [1.807, 2.05) is 0 Å². The van der Waals surface area contributed by atoms with E-state index in [1.54, 1.807) is 0 Å². The SMILES string of the molecule is CCCCCC/C=C/[C@H]1CCC[C@@H]1C/C=C\CCCC(C=O)OC/C=C/CCCCCCC. The molecular weight excluding hydrogens is 404 g/mol. The van der Waals surface area contributed by atoms with E-state index < -0.39 is 0 Å². The molecule has 0 saturated heterocycles. The average Bonchev–Trinajstić information content (AvgIpc) is 3.28. The van der Waals surface area contributed by atoms with E-state index in [0.29, 0.717) is 6.61 Å². The Labute approximate surface area is 206 Å². The van der Waals surface area contributed by atoms with Crippen molar-refractivity contribution >= 4 is 6.29 Å². The van der Waals surface area contributed by atoms with E-state index >= 15 is 0 Å². The molecule has 0 aliphatic heterocycles. The van der Waals surface area contributed by atoms with Gasteiger partial charge in [0, 0.05) is 0 Å². The molecule has 1 rings (SSSR count). The maximum Gasteiger partial charge on any atom is 0.148 e. The first-order valence-corrected chi connectivity index (χ1v) is 14.3. The summed E-state index contributed by atoms with van der Waals surface area (Å²) in [6.07, 6.45) is 37.3. The first-order valence-electron chi connectivity index (χ1n) is 14.3. The van der Waals surface area contributed by atoms with Crippen LogP contribution in [0.1, 0.15) is 129 Å². The van der Waals surface area contributed by atoms with Crippen LogP contribution in [0, 0.1) is 11.8 Å². The largest absolute Gasteiger partial charge is 0.367 e. The minimum absolute atomic E-state index is 0.255. The van der Waals surface area contributed by atoms with Crippen LogP contribution in [-0.2, 0) is 9.53 Å². The van der Waals surface area contributed by atoms with Gasteiger partial charge in [0.1, 0.15) is 12.4 Å². The summed E-state index contributed by atoms with van der Waals surface area (Å²) in [5, 5.41) is 0. The van der Waals surface area contributed by atoms with E-state index in [2.05, 4.69) is 50.3 Å². The number of aldehydes is 1. The van der Waals surface area contributed by atoms with Gasteiger partial charge in [-0.3, -0.25) is 0 Å². The molecule has 0 radical (unpaired) electrons. The van der Waals surface area contributed by atoms with E-state index in [-0.39, 0.29) is 6.10 Å². The predicted molar refractivity (Wildman–Crippen MR) is 145 cm³/mol. The van der Waals surface area contributed by atoms with Gasteiger partial charge < -0.3 is 9.53 Å². The molecule has 0 aromatic heterocycles. The fourth-order valence-electron chi connectivity index (χ4n) is 4.82. The third-order valence-corrected chi connectivity index (χ3v) is 6.99. The first-order chi connectivity index (χ1) is 16.3. The number of ether oxygens (including phenoxy) is 1. The van der Waals surface area contributed by atoms with Crippen molar-refractivity contribution in [2.45, 2.75) is 136 Å². The number of hydrogen-bond donors (Lipinski definition) is 0. The third kappa shape index (κ3) is 17.0. The summed E-state index contributed by atoms with van der Waals surface area (Å²) in [7, 11) is 0. The van der Waals surface area contributed by atoms with Crippen molar-refractivity contribution in [2.24, 2.45) is 11.8 Å². The van der Waals surface area contributed by atoms with Crippen molar-refractivity contribution in [3.63, 3.8) is 0 Å². The van der Waals surface area contributed by atoms with Gasteiger partial charge in [-0.1, -0.05) is 102 Å². The van der Waals surface area contributed by atoms with Crippen molar-refractivity contribution in [2.75, 3.05) is 6.61 Å². The predicted octanol–water partition coefficient (Wildman–Crippen LogP) is 9.55. The molecule has 0 amide bonds. The van der Waals surface area contributed by atoms with Crippen LogP contribution in [0.4, 0.5) is 0 Å². The van der Waals surface area contributed by atoms with Gasteiger partial charge in [0.2, 0.25) is 0 Å². The normalized spacial score (nSPS) is 19.9. The zero-order chi connectivity index (χ0) is 23.8. The Morgan fingerprint density at radius 3 is 2.18 bits per heavy atom. The van der Waals surface area contributed by atoms with Gasteiger partial charge in [0.25, 0.3) is 0 Å². The highest BCUT2D eigenvalue weighted by Crippen LogP contribution is 2.35. The Bertz CT molecular complexity index is 519. The van der Waals surface area contributed by atoms with Crippen molar-refractivity contribution in [1.82, 2.24) is 0 Å². The molecule has 2 nitrogen and oxygen atoms in total. The van der Waals surface area contributed by atoms with Gasteiger partial charge in [0.15, 0.2) is 0 Å². The summed E-state index contributed by atoms with van der Waals surface area (Å²) in [6, 6.07) is 0. The van der Waals surface area contributed by atoms with Crippen molar-refractivity contribution < 1.29 is 9.53 Å². The highest BCUT2D eigenvalue weighted by atomic mass is 16.5. The van der Waals surface area contributed by atoms with Crippen LogP contribution in [0.2, 0.25) is 0 Å². The molecule has 0 aromatic carbocycles. The zero-order valence-corrected chi connectivity index (χ0v) is 22.0. The molecule has 1 unspecified atom stereocenters. The van der Waals surface area contributed by atoms with Gasteiger partial charge in [-0.05, 0) is 76.0 Å². The molecule has 3 atom stereocenters. The van der Waals surface area contributed by atoms with Gasteiger partial charge in [-0.2, -0.15) is 0 Å². The van der Waals surface area contributed by atoms with Crippen LogP contribution in [-0.4, -0.2) is 19.0 Å². The number of carbonyl (C=O) groups excluding carboxylic acids is 1. The third-order valence-electron chi connectivity index (χ3n) is 6.99. The summed E-state index contributed by atoms with van der Waals surface area (Å²) >= 11 is 0. The molecule has 0 N–H and O–H groups in total. The second kappa shape index (κ2) is 22.6. The molecule has 190 valence electrons. The lowest BCUT2D eigenvalue weighted by atomic mass is 9.92. The second-order valence-electron chi connectivity index (χ2n) is 9.95. The monoisotopic (exact) mass is 458 g/mol. The van der Waals surface area contributed by atoms with Gasteiger partial charge in [0.05, 0.1) is 6.61 Å². The number of hydrogen-bond acceptors (Lipinski definition) is 2. The number of carbonyl (C=O) groups is 1. The summed E-state index contributed by atoms with van der Waals surface area (Å²) in [4.78, 5) is 11.3. The molecule has 2 heteroatoms. The molecule has 0 heterocycles. The zero-order valence-electron chi connectivity index (χ0n) is 22.0. The Morgan fingerprint density at radius 1 is 0.758 bits per heavy atom. The van der Waals surface area contributed by atoms with Crippen LogP contribution in [0.25, 0.3) is 0 Å². The highest BCUT2D eigenvalue weighted by molar-refractivity contribution is 5.55. The molecule has 1 saturated carbocycles. The second-order valence-corrected chi connectivity index (χ2v) is 9.95. The van der Waals surface area contributed by atoms with E-state index in [4.69, 9.17) is 4.74 Å². The molecule has 0 spiro atoms. The maximum atomic E-state index is 11.3. The highest BCUT2D eigenvalue weighted by Gasteiger charge is 2.23. The fraction of sp³-hybridized carbons (Fsp3) is 0.774. The van der Waals surface area contributed by atoms with Crippen molar-refractivity contribution in [3.05, 3.63) is 36.5 Å². The minimum Gasteiger partial charge on any atom is -0.367 e. The first kappa shape index (κ1) is 29.9. The van der Waals surface area contributed by atoms with Crippen LogP contribution in [0.5, 0.6) is 0 Å². The molecule has 1 aliphatic rings. The van der Waals surface area contributed by atoms with E-state index in [0.717, 1.165) is 43.8 Å². The Morgan fingerprint density at radius 2 is 1.42 bits per heavy atom. The van der Waals surface area contributed by atoms with Gasteiger partial charge in [-0.25, -0.2) is 0 Å². The van der Waals surface area contributed by atoms with E-state index in [1.165, 1.54) is 89.9 Å². The lowest BCUT2D eigenvalue weighted by Gasteiger charge is -2.14. The number of unbranched alkanes of at least 4 members (excludes halogenated alkanes) is 10. The van der Waals surface area contributed by atoms with Crippen LogP contribution in [0.15, 0.2) is 36.5 Å². The fourth-order valence-corrected chi connectivity index (χ4v) is 4.82. The van der Waals surface area contributed by atoms with Crippen LogP contribution in [0.3, 0.4) is 0 Å². The topological polar surface area (TPSA) is 26.3 Å². The van der Waals surface area contributed by atoms with Crippen molar-refractivity contribution in [3.8, 4) is 0 Å². The average molecular weight is 459 g/mol. The standard InChI is InChI=1S/C31H54O2/c1-3-5-7-9-11-12-16-20-27-33-31(28-32)26-19-15-14-18-23-30-25-21-24-29(30)22-17-13-10-8-6-4-2/h14,16-18,20,22,28-31H,3-13,15,19,21,23-27H2,1-2H3/b18-14-,20-16+,22-17+/t29-,30-,31?/m0/s1. The Hall–Kier alpha value is -1.15. The molecule has 0 bridgehead atoms. The molecule has 1 aliphatic carbocycles. The van der Waals surface area contributed by atoms with Crippen LogP contribution >= 0.6 is 0 Å². The van der Waals surface area contributed by atoms with Crippen LogP contribution < -0.4 is 0 Å². The smallest absolute Gasteiger partial charge is 0.148 e. The number of allylic oxidation sites excluding steroid dienone is 5. The quantitative estimate of drug-likeness (QED) is 0.0917. The molecule has 1 fully saturated rings. The lowest BCUT2D eigenvalue weighted by molar-refractivity contribution is -0.117. The number of rotatable bonds is 22. The van der Waals surface area contributed by atoms with Gasteiger partial charge >= 0.3 is 0 Å². The summed E-state index contributed by atoms with van der Waals surface area (Å²) in [5.41, 5.74) is 0. The lowest BCUT2D eigenvalue weighted by Crippen LogP contribution is -2.14.